The molecule has 1 aliphatic rings. The van der Waals surface area contributed by atoms with Gasteiger partial charge in [-0.1, -0.05) is 55.5 Å². The highest BCUT2D eigenvalue weighted by molar-refractivity contribution is 5.48. The Morgan fingerprint density at radius 1 is 1.05 bits per heavy atom. The Kier molecular flexibility index (Phi) is 4.37. The van der Waals surface area contributed by atoms with E-state index in [0.717, 1.165) is 19.4 Å². The van der Waals surface area contributed by atoms with E-state index in [1.54, 1.807) is 7.11 Å². The highest BCUT2D eigenvalue weighted by Gasteiger charge is 2.26. The second-order valence-electron chi connectivity index (χ2n) is 5.73. The molecule has 0 amide bonds. The van der Waals surface area contributed by atoms with E-state index in [2.05, 4.69) is 60.8 Å². The van der Waals surface area contributed by atoms with Gasteiger partial charge in [0, 0.05) is 13.2 Å². The fraction of sp³-hybridized carbons (Fsp3) is 0.368. The zero-order valence-corrected chi connectivity index (χ0v) is 12.8. The number of nitrogens with one attached hydrogen (secondary N) is 1. The van der Waals surface area contributed by atoms with Gasteiger partial charge in [-0.3, -0.25) is 0 Å². The van der Waals surface area contributed by atoms with Gasteiger partial charge in [0.25, 0.3) is 0 Å². The third-order valence-corrected chi connectivity index (χ3v) is 4.38. The van der Waals surface area contributed by atoms with Gasteiger partial charge in [-0.25, -0.2) is 0 Å². The molecule has 0 saturated heterocycles. The number of ether oxygens (including phenoxy) is 1. The number of rotatable bonds is 5. The fourth-order valence-electron chi connectivity index (χ4n) is 3.23. The van der Waals surface area contributed by atoms with Crippen LogP contribution in [0.4, 0.5) is 0 Å². The van der Waals surface area contributed by atoms with Crippen LogP contribution in [0.15, 0.2) is 48.5 Å². The monoisotopic (exact) mass is 281 g/mol. The molecule has 3 rings (SSSR count). The maximum Gasteiger partial charge on any atom is 0.0616 e. The summed E-state index contributed by atoms with van der Waals surface area (Å²) < 4.78 is 5.35. The van der Waals surface area contributed by atoms with Crippen molar-refractivity contribution in [1.82, 2.24) is 5.32 Å². The minimum absolute atomic E-state index is 0.270. The largest absolute Gasteiger partial charge is 0.383 e. The molecule has 1 N–H and O–H groups in total. The van der Waals surface area contributed by atoms with Crippen LogP contribution in [0.5, 0.6) is 0 Å². The van der Waals surface area contributed by atoms with Crippen molar-refractivity contribution in [3.05, 3.63) is 70.8 Å². The molecule has 2 aromatic rings. The predicted molar refractivity (Wildman–Crippen MR) is 86.6 cm³/mol. The van der Waals surface area contributed by atoms with Crippen LogP contribution in [0.25, 0.3) is 0 Å². The second kappa shape index (κ2) is 6.42. The highest BCUT2D eigenvalue weighted by atomic mass is 16.5. The average molecular weight is 281 g/mol. The lowest BCUT2D eigenvalue weighted by atomic mass is 9.82. The molecule has 0 spiro atoms. The van der Waals surface area contributed by atoms with Crippen molar-refractivity contribution in [3.63, 3.8) is 0 Å². The Balaban J connectivity index is 1.98. The Morgan fingerprint density at radius 2 is 1.62 bits per heavy atom. The normalized spacial score (nSPS) is 15.3. The van der Waals surface area contributed by atoms with Crippen LogP contribution in [0.3, 0.4) is 0 Å². The molecule has 2 heteroatoms. The van der Waals surface area contributed by atoms with Crippen molar-refractivity contribution >= 4 is 0 Å². The van der Waals surface area contributed by atoms with Crippen LogP contribution in [-0.2, 0) is 11.2 Å². The standard InChI is InChI=1S/C19H23NO/c1-3-16(13-21-2)20-19-17-10-6-4-8-14(17)12-15-9-5-7-11-18(15)19/h4-11,16,19-20H,3,12-13H2,1-2H3. The Labute approximate surface area is 127 Å². The molecular formula is C19H23NO. The zero-order chi connectivity index (χ0) is 14.7. The molecule has 0 fully saturated rings. The first-order valence-electron chi connectivity index (χ1n) is 7.74. The van der Waals surface area contributed by atoms with Crippen molar-refractivity contribution in [2.45, 2.75) is 31.8 Å². The van der Waals surface area contributed by atoms with Crippen LogP contribution in [0.1, 0.15) is 41.6 Å². The third kappa shape index (κ3) is 2.87. The molecule has 2 aromatic carbocycles. The number of hydrogen-bond donors (Lipinski definition) is 1. The Morgan fingerprint density at radius 3 is 2.14 bits per heavy atom. The van der Waals surface area contributed by atoms with Gasteiger partial charge in [0.1, 0.15) is 0 Å². The predicted octanol–water partition coefficient (Wildman–Crippen LogP) is 3.69. The van der Waals surface area contributed by atoms with E-state index in [0.29, 0.717) is 6.04 Å². The molecule has 21 heavy (non-hydrogen) atoms. The van der Waals surface area contributed by atoms with Crippen molar-refractivity contribution < 1.29 is 4.74 Å². The smallest absolute Gasteiger partial charge is 0.0616 e. The first-order chi connectivity index (χ1) is 10.3. The van der Waals surface area contributed by atoms with Gasteiger partial charge in [0.15, 0.2) is 0 Å². The maximum absolute atomic E-state index is 5.35. The first kappa shape index (κ1) is 14.3. The summed E-state index contributed by atoms with van der Waals surface area (Å²) in [7, 11) is 1.77. The molecule has 0 heterocycles. The minimum atomic E-state index is 0.270. The number of fused-ring (bicyclic) bond motifs is 2. The van der Waals surface area contributed by atoms with Gasteiger partial charge in [-0.15, -0.1) is 0 Å². The van der Waals surface area contributed by atoms with E-state index in [4.69, 9.17) is 4.74 Å². The van der Waals surface area contributed by atoms with Gasteiger partial charge in [-0.05, 0) is 35.1 Å². The average Bonchev–Trinajstić information content (AvgIpc) is 2.53. The Hall–Kier alpha value is -1.64. The molecule has 0 aliphatic heterocycles. The quantitative estimate of drug-likeness (QED) is 0.902. The van der Waals surface area contributed by atoms with Gasteiger partial charge in [0.05, 0.1) is 12.6 Å². The van der Waals surface area contributed by atoms with Crippen molar-refractivity contribution in [2.24, 2.45) is 0 Å². The summed E-state index contributed by atoms with van der Waals surface area (Å²) in [5.74, 6) is 0. The number of hydrogen-bond acceptors (Lipinski definition) is 2. The van der Waals surface area contributed by atoms with Gasteiger partial charge >= 0.3 is 0 Å². The molecule has 2 nitrogen and oxygen atoms in total. The van der Waals surface area contributed by atoms with Gasteiger partial charge in [0.2, 0.25) is 0 Å². The van der Waals surface area contributed by atoms with Crippen molar-refractivity contribution in [1.29, 1.82) is 0 Å². The van der Waals surface area contributed by atoms with Gasteiger partial charge < -0.3 is 10.1 Å². The van der Waals surface area contributed by atoms with Crippen LogP contribution in [0, 0.1) is 0 Å². The van der Waals surface area contributed by atoms with E-state index in [1.807, 2.05) is 0 Å². The summed E-state index contributed by atoms with van der Waals surface area (Å²) in [6, 6.07) is 18.2. The summed E-state index contributed by atoms with van der Waals surface area (Å²) in [5.41, 5.74) is 5.68. The molecule has 0 saturated carbocycles. The minimum Gasteiger partial charge on any atom is -0.383 e. The van der Waals surface area contributed by atoms with E-state index in [9.17, 15) is 0 Å². The molecule has 110 valence electrons. The first-order valence-corrected chi connectivity index (χ1v) is 7.74. The molecule has 1 atom stereocenters. The number of benzene rings is 2. The summed E-state index contributed by atoms with van der Waals surface area (Å²) >= 11 is 0. The molecule has 0 radical (unpaired) electrons. The maximum atomic E-state index is 5.35. The van der Waals surface area contributed by atoms with E-state index in [1.165, 1.54) is 22.3 Å². The van der Waals surface area contributed by atoms with Crippen molar-refractivity contribution in [2.75, 3.05) is 13.7 Å². The van der Waals surface area contributed by atoms with E-state index >= 15 is 0 Å². The number of methoxy groups -OCH3 is 1. The van der Waals surface area contributed by atoms with Crippen LogP contribution in [0.2, 0.25) is 0 Å². The molecular weight excluding hydrogens is 258 g/mol. The highest BCUT2D eigenvalue weighted by Crippen LogP contribution is 2.35. The topological polar surface area (TPSA) is 21.3 Å². The second-order valence-corrected chi connectivity index (χ2v) is 5.73. The SMILES string of the molecule is CCC(COC)NC1c2ccccc2Cc2ccccc21. The molecule has 0 aromatic heterocycles. The third-order valence-electron chi connectivity index (χ3n) is 4.38. The van der Waals surface area contributed by atoms with E-state index in [-0.39, 0.29) is 6.04 Å². The van der Waals surface area contributed by atoms with E-state index < -0.39 is 0 Å². The van der Waals surface area contributed by atoms with Crippen LogP contribution in [-0.4, -0.2) is 19.8 Å². The summed E-state index contributed by atoms with van der Waals surface area (Å²) in [5, 5.41) is 3.79. The van der Waals surface area contributed by atoms with Crippen LogP contribution >= 0.6 is 0 Å². The lowest BCUT2D eigenvalue weighted by Crippen LogP contribution is -2.38. The summed E-state index contributed by atoms with van der Waals surface area (Å²) in [4.78, 5) is 0. The lowest BCUT2D eigenvalue weighted by Gasteiger charge is -2.32. The van der Waals surface area contributed by atoms with Crippen LogP contribution < -0.4 is 5.32 Å². The fourth-order valence-corrected chi connectivity index (χ4v) is 3.23. The summed E-state index contributed by atoms with van der Waals surface area (Å²) in [6.45, 7) is 2.95. The van der Waals surface area contributed by atoms with Gasteiger partial charge in [-0.2, -0.15) is 0 Å². The van der Waals surface area contributed by atoms with Crippen molar-refractivity contribution in [3.8, 4) is 0 Å². The molecule has 1 unspecified atom stereocenters. The molecule has 1 aliphatic carbocycles. The summed E-state index contributed by atoms with van der Waals surface area (Å²) in [6.07, 6.45) is 2.10. The lowest BCUT2D eigenvalue weighted by molar-refractivity contribution is 0.160. The zero-order valence-electron chi connectivity index (χ0n) is 12.8. The molecule has 0 bridgehead atoms. The Bertz CT molecular complexity index is 563.